The maximum absolute atomic E-state index is 13.4. The minimum atomic E-state index is -4.01. The zero-order valence-electron chi connectivity index (χ0n) is 9.50. The number of nitrogens with one attached hydrogen (secondary N) is 1. The van der Waals surface area contributed by atoms with E-state index in [0.717, 1.165) is 6.07 Å². The van der Waals surface area contributed by atoms with Crippen molar-refractivity contribution in [2.75, 3.05) is 6.54 Å². The van der Waals surface area contributed by atoms with Crippen molar-refractivity contribution in [3.63, 3.8) is 0 Å². The number of hydrogen-bond acceptors (Lipinski definition) is 3. The first-order chi connectivity index (χ1) is 7.77. The molecule has 1 aromatic carbocycles. The number of aryl methyl sites for hydroxylation is 1. The molecule has 0 aromatic heterocycles. The van der Waals surface area contributed by atoms with E-state index < -0.39 is 32.6 Å². The molecule has 96 valence electrons. The lowest BCUT2D eigenvalue weighted by Gasteiger charge is -2.13. The minimum absolute atomic E-state index is 0.0622. The van der Waals surface area contributed by atoms with Gasteiger partial charge in [0.1, 0.15) is 16.5 Å². The fourth-order valence-electron chi connectivity index (χ4n) is 1.21. The van der Waals surface area contributed by atoms with E-state index in [1.807, 2.05) is 0 Å². The van der Waals surface area contributed by atoms with Gasteiger partial charge in [0, 0.05) is 18.7 Å². The molecule has 0 aliphatic heterocycles. The number of hydrogen-bond donors (Lipinski definition) is 2. The molecule has 3 N–H and O–H groups in total. The lowest BCUT2D eigenvalue weighted by Crippen LogP contribution is -2.38. The van der Waals surface area contributed by atoms with Crippen LogP contribution in [0.1, 0.15) is 12.5 Å². The summed E-state index contributed by atoms with van der Waals surface area (Å²) in [5.41, 5.74) is 5.33. The molecule has 7 heteroatoms. The van der Waals surface area contributed by atoms with Crippen LogP contribution < -0.4 is 10.5 Å². The van der Waals surface area contributed by atoms with Crippen LogP contribution in [-0.4, -0.2) is 21.0 Å². The van der Waals surface area contributed by atoms with Gasteiger partial charge in [-0.2, -0.15) is 0 Å². The highest BCUT2D eigenvalue weighted by Crippen LogP contribution is 2.18. The Labute approximate surface area is 98.9 Å². The van der Waals surface area contributed by atoms with E-state index >= 15 is 0 Å². The molecule has 0 unspecified atom stereocenters. The predicted octanol–water partition coefficient (Wildman–Crippen LogP) is 0.899. The Kier molecular flexibility index (Phi) is 4.18. The molecule has 0 heterocycles. The quantitative estimate of drug-likeness (QED) is 0.848. The summed E-state index contributed by atoms with van der Waals surface area (Å²) in [5, 5.41) is 0. The summed E-state index contributed by atoms with van der Waals surface area (Å²) in [4.78, 5) is -0.572. The topological polar surface area (TPSA) is 72.2 Å². The van der Waals surface area contributed by atoms with Crippen molar-refractivity contribution in [3.05, 3.63) is 29.3 Å². The van der Waals surface area contributed by atoms with E-state index in [2.05, 4.69) is 4.72 Å². The number of halogens is 2. The molecule has 0 spiro atoms. The van der Waals surface area contributed by atoms with Gasteiger partial charge in [-0.15, -0.1) is 0 Å². The van der Waals surface area contributed by atoms with Crippen molar-refractivity contribution >= 4 is 10.0 Å². The lowest BCUT2D eigenvalue weighted by molar-refractivity contribution is 0.532. The molecule has 1 rings (SSSR count). The SMILES string of the molecule is Cc1cc(S(=O)(=O)N[C@@H](C)CN)c(F)cc1F. The monoisotopic (exact) mass is 264 g/mol. The van der Waals surface area contributed by atoms with Crippen LogP contribution in [0.25, 0.3) is 0 Å². The van der Waals surface area contributed by atoms with Crippen LogP contribution in [0.15, 0.2) is 17.0 Å². The van der Waals surface area contributed by atoms with Gasteiger partial charge in [-0.1, -0.05) is 0 Å². The third kappa shape index (κ3) is 3.21. The second-order valence-electron chi connectivity index (χ2n) is 3.79. The molecular formula is C10H14F2N2O2S. The van der Waals surface area contributed by atoms with Crippen LogP contribution in [0.2, 0.25) is 0 Å². The van der Waals surface area contributed by atoms with Gasteiger partial charge < -0.3 is 5.73 Å². The van der Waals surface area contributed by atoms with Gasteiger partial charge in [0.15, 0.2) is 0 Å². The Bertz CT molecular complexity index is 517. The average Bonchev–Trinajstić information content (AvgIpc) is 2.22. The Morgan fingerprint density at radius 2 is 1.94 bits per heavy atom. The van der Waals surface area contributed by atoms with Gasteiger partial charge >= 0.3 is 0 Å². The first kappa shape index (κ1) is 14.0. The molecule has 0 fully saturated rings. The first-order valence-electron chi connectivity index (χ1n) is 4.96. The summed E-state index contributed by atoms with van der Waals surface area (Å²) >= 11 is 0. The van der Waals surface area contributed by atoms with Gasteiger partial charge in [-0.25, -0.2) is 21.9 Å². The maximum Gasteiger partial charge on any atom is 0.243 e. The van der Waals surface area contributed by atoms with E-state index in [1.165, 1.54) is 6.92 Å². The van der Waals surface area contributed by atoms with Gasteiger partial charge in [-0.3, -0.25) is 0 Å². The van der Waals surface area contributed by atoms with Crippen LogP contribution >= 0.6 is 0 Å². The van der Waals surface area contributed by atoms with E-state index in [1.54, 1.807) is 6.92 Å². The van der Waals surface area contributed by atoms with Crippen LogP contribution in [0.5, 0.6) is 0 Å². The lowest BCUT2D eigenvalue weighted by atomic mass is 10.2. The second-order valence-corrected chi connectivity index (χ2v) is 5.47. The molecule has 1 atom stereocenters. The van der Waals surface area contributed by atoms with E-state index in [4.69, 9.17) is 5.73 Å². The van der Waals surface area contributed by atoms with Crippen molar-refractivity contribution in [1.29, 1.82) is 0 Å². The summed E-state index contributed by atoms with van der Waals surface area (Å²) in [5.74, 6) is -1.90. The fourth-order valence-corrected chi connectivity index (χ4v) is 2.61. The van der Waals surface area contributed by atoms with Crippen LogP contribution in [0.3, 0.4) is 0 Å². The zero-order chi connectivity index (χ0) is 13.2. The second kappa shape index (κ2) is 5.07. The molecule has 0 aliphatic carbocycles. The summed E-state index contributed by atoms with van der Waals surface area (Å²) in [6.45, 7) is 2.99. The molecule has 0 radical (unpaired) electrons. The fraction of sp³-hybridized carbons (Fsp3) is 0.400. The van der Waals surface area contributed by atoms with E-state index in [9.17, 15) is 17.2 Å². The van der Waals surface area contributed by atoms with Crippen molar-refractivity contribution in [2.24, 2.45) is 5.73 Å². The van der Waals surface area contributed by atoms with Gasteiger partial charge in [0.05, 0.1) is 0 Å². The molecule has 4 nitrogen and oxygen atoms in total. The number of nitrogens with two attached hydrogens (primary N) is 1. The highest BCUT2D eigenvalue weighted by atomic mass is 32.2. The molecule has 0 amide bonds. The molecule has 1 aromatic rings. The normalized spacial score (nSPS) is 13.7. The molecule has 0 aliphatic rings. The number of rotatable bonds is 4. The van der Waals surface area contributed by atoms with E-state index in [0.29, 0.717) is 6.07 Å². The Balaban J connectivity index is 3.20. The van der Waals surface area contributed by atoms with Crippen LogP contribution in [0, 0.1) is 18.6 Å². The third-order valence-electron chi connectivity index (χ3n) is 2.21. The van der Waals surface area contributed by atoms with Gasteiger partial charge in [0.25, 0.3) is 0 Å². The highest BCUT2D eigenvalue weighted by Gasteiger charge is 2.22. The first-order valence-corrected chi connectivity index (χ1v) is 6.44. The number of sulfonamides is 1. The predicted molar refractivity (Wildman–Crippen MR) is 59.9 cm³/mol. The minimum Gasteiger partial charge on any atom is -0.329 e. The molecule has 0 bridgehead atoms. The smallest absolute Gasteiger partial charge is 0.243 e. The molecule has 0 saturated heterocycles. The summed E-state index contributed by atoms with van der Waals surface area (Å²) in [6.07, 6.45) is 0. The molecule has 0 saturated carbocycles. The summed E-state index contributed by atoms with van der Waals surface area (Å²) in [7, 11) is -4.01. The molecular weight excluding hydrogens is 250 g/mol. The largest absolute Gasteiger partial charge is 0.329 e. The summed E-state index contributed by atoms with van der Waals surface area (Å²) < 4.78 is 52.1. The van der Waals surface area contributed by atoms with E-state index in [-0.39, 0.29) is 12.1 Å². The van der Waals surface area contributed by atoms with Crippen LogP contribution in [0.4, 0.5) is 8.78 Å². The summed E-state index contributed by atoms with van der Waals surface area (Å²) in [6, 6.07) is 0.984. The zero-order valence-corrected chi connectivity index (χ0v) is 10.3. The van der Waals surface area contributed by atoms with Crippen molar-refractivity contribution in [3.8, 4) is 0 Å². The Hall–Kier alpha value is -1.05. The number of benzene rings is 1. The van der Waals surface area contributed by atoms with Crippen molar-refractivity contribution < 1.29 is 17.2 Å². The third-order valence-corrected chi connectivity index (χ3v) is 3.82. The maximum atomic E-state index is 13.4. The standard InChI is InChI=1S/C10H14F2N2O2S/c1-6-3-10(9(12)4-8(6)11)17(15,16)14-7(2)5-13/h3-4,7,14H,5,13H2,1-2H3/t7-/m0/s1. The van der Waals surface area contributed by atoms with Gasteiger partial charge in [-0.05, 0) is 25.5 Å². The highest BCUT2D eigenvalue weighted by molar-refractivity contribution is 7.89. The van der Waals surface area contributed by atoms with Crippen molar-refractivity contribution in [1.82, 2.24) is 4.72 Å². The van der Waals surface area contributed by atoms with Crippen molar-refractivity contribution in [2.45, 2.75) is 24.8 Å². The Morgan fingerprint density at radius 1 is 1.35 bits per heavy atom. The average molecular weight is 264 g/mol. The Morgan fingerprint density at radius 3 is 2.47 bits per heavy atom. The van der Waals surface area contributed by atoms with Gasteiger partial charge in [0.2, 0.25) is 10.0 Å². The molecule has 17 heavy (non-hydrogen) atoms. The van der Waals surface area contributed by atoms with Crippen LogP contribution in [-0.2, 0) is 10.0 Å².